The highest BCUT2D eigenvalue weighted by Crippen LogP contribution is 2.30. The maximum Gasteiger partial charge on any atom is 0.196 e. The van der Waals surface area contributed by atoms with E-state index in [-0.39, 0.29) is 0 Å². The molecule has 2 rings (SSSR count). The quantitative estimate of drug-likeness (QED) is 0.593. The molecule has 130 valence electrons. The topological polar surface area (TPSA) is 67.8 Å². The van der Waals surface area contributed by atoms with Gasteiger partial charge >= 0.3 is 0 Å². The Morgan fingerprint density at radius 3 is 2.75 bits per heavy atom. The zero-order chi connectivity index (χ0) is 17.4. The molecule has 0 saturated carbocycles. The summed E-state index contributed by atoms with van der Waals surface area (Å²) < 4.78 is 10.9. The third-order valence-corrected chi connectivity index (χ3v) is 4.22. The lowest BCUT2D eigenvalue weighted by Gasteiger charge is -2.14. The van der Waals surface area contributed by atoms with Gasteiger partial charge in [0.05, 0.1) is 31.5 Å². The van der Waals surface area contributed by atoms with Crippen molar-refractivity contribution in [2.45, 2.75) is 27.3 Å². The van der Waals surface area contributed by atoms with Crippen molar-refractivity contribution >= 4 is 23.0 Å². The first-order valence-electron chi connectivity index (χ1n) is 7.93. The molecule has 0 spiro atoms. The van der Waals surface area contributed by atoms with Crippen molar-refractivity contribution in [3.8, 4) is 11.5 Å². The Kier molecular flexibility index (Phi) is 6.87. The molecule has 0 bridgehead atoms. The van der Waals surface area contributed by atoms with E-state index in [0.29, 0.717) is 24.7 Å². The van der Waals surface area contributed by atoms with Crippen LogP contribution in [0.2, 0.25) is 0 Å². The maximum absolute atomic E-state index is 5.61. The fourth-order valence-electron chi connectivity index (χ4n) is 2.10. The number of aliphatic imine (C=N–C) groups is 1. The largest absolute Gasteiger partial charge is 0.493 e. The fraction of sp³-hybridized carbons (Fsp3) is 0.412. The van der Waals surface area contributed by atoms with Gasteiger partial charge in [0, 0.05) is 23.2 Å². The average Bonchev–Trinajstić information content (AvgIpc) is 2.98. The lowest BCUT2D eigenvalue weighted by molar-refractivity contribution is 0.311. The summed E-state index contributed by atoms with van der Waals surface area (Å²) in [5, 5.41) is 6.54. The minimum Gasteiger partial charge on any atom is -0.493 e. The Labute approximate surface area is 146 Å². The minimum atomic E-state index is 0.582. The van der Waals surface area contributed by atoms with E-state index in [0.717, 1.165) is 28.8 Å². The zero-order valence-corrected chi connectivity index (χ0v) is 15.4. The van der Waals surface area contributed by atoms with E-state index in [2.05, 4.69) is 20.6 Å². The van der Waals surface area contributed by atoms with E-state index >= 15 is 0 Å². The molecule has 0 aliphatic carbocycles. The molecule has 2 aromatic rings. The van der Waals surface area contributed by atoms with Gasteiger partial charge in [-0.1, -0.05) is 0 Å². The summed E-state index contributed by atoms with van der Waals surface area (Å²) in [4.78, 5) is 10.0. The Bertz CT molecular complexity index is 685. The van der Waals surface area contributed by atoms with Gasteiger partial charge in [0.25, 0.3) is 0 Å². The number of anilines is 1. The number of rotatable bonds is 7. The van der Waals surface area contributed by atoms with E-state index < -0.39 is 0 Å². The summed E-state index contributed by atoms with van der Waals surface area (Å²) in [5.74, 6) is 2.14. The molecule has 0 amide bonds. The number of aryl methyl sites for hydroxylation is 1. The van der Waals surface area contributed by atoms with Gasteiger partial charge in [-0.05, 0) is 32.9 Å². The summed E-state index contributed by atoms with van der Waals surface area (Å²) >= 11 is 1.62. The zero-order valence-electron chi connectivity index (χ0n) is 14.5. The van der Waals surface area contributed by atoms with Crippen molar-refractivity contribution < 1.29 is 9.47 Å². The van der Waals surface area contributed by atoms with Crippen molar-refractivity contribution in [2.75, 3.05) is 25.6 Å². The van der Waals surface area contributed by atoms with Crippen LogP contribution in [0.25, 0.3) is 0 Å². The number of benzene rings is 1. The smallest absolute Gasteiger partial charge is 0.196 e. The average molecular weight is 348 g/mol. The number of aromatic nitrogens is 1. The normalized spacial score (nSPS) is 11.2. The van der Waals surface area contributed by atoms with Crippen LogP contribution in [0.15, 0.2) is 28.7 Å². The van der Waals surface area contributed by atoms with E-state index in [1.807, 2.05) is 44.5 Å². The van der Waals surface area contributed by atoms with Gasteiger partial charge in [-0.3, -0.25) is 0 Å². The Hall–Kier alpha value is -2.28. The van der Waals surface area contributed by atoms with E-state index in [1.165, 1.54) is 0 Å². The number of hydrogen-bond donors (Lipinski definition) is 2. The Balaban J connectivity index is 2.14. The van der Waals surface area contributed by atoms with Crippen LogP contribution in [0.5, 0.6) is 11.5 Å². The molecule has 1 heterocycles. The van der Waals surface area contributed by atoms with Gasteiger partial charge in [0.15, 0.2) is 17.5 Å². The van der Waals surface area contributed by atoms with Crippen LogP contribution in [-0.2, 0) is 6.54 Å². The lowest BCUT2D eigenvalue weighted by atomic mass is 10.2. The predicted molar refractivity (Wildman–Crippen MR) is 99.5 cm³/mol. The molecule has 0 fully saturated rings. The lowest BCUT2D eigenvalue weighted by Crippen LogP contribution is -2.30. The molecule has 6 nitrogen and oxygen atoms in total. The molecule has 24 heavy (non-hydrogen) atoms. The molecule has 0 unspecified atom stereocenters. The van der Waals surface area contributed by atoms with Crippen molar-refractivity contribution in [2.24, 2.45) is 4.99 Å². The van der Waals surface area contributed by atoms with Crippen LogP contribution in [0.1, 0.15) is 24.4 Å². The van der Waals surface area contributed by atoms with Crippen molar-refractivity contribution in [1.29, 1.82) is 0 Å². The molecule has 1 aromatic heterocycles. The highest BCUT2D eigenvalue weighted by atomic mass is 32.1. The highest BCUT2D eigenvalue weighted by Gasteiger charge is 2.07. The first-order valence-corrected chi connectivity index (χ1v) is 8.81. The molecule has 1 aromatic carbocycles. The van der Waals surface area contributed by atoms with Gasteiger partial charge in [-0.25, -0.2) is 9.98 Å². The monoisotopic (exact) mass is 348 g/mol. The number of ether oxygens (including phenoxy) is 2. The summed E-state index contributed by atoms with van der Waals surface area (Å²) in [6.07, 6.45) is 0. The second-order valence-corrected chi connectivity index (χ2v) is 5.92. The molecule has 7 heteroatoms. The fourth-order valence-corrected chi connectivity index (χ4v) is 2.80. The molecule has 2 N–H and O–H groups in total. The number of nitrogens with one attached hydrogen (secondary N) is 2. The van der Waals surface area contributed by atoms with Crippen LogP contribution in [-0.4, -0.2) is 31.2 Å². The number of hydrogen-bond acceptors (Lipinski definition) is 5. The van der Waals surface area contributed by atoms with Gasteiger partial charge in [-0.2, -0.15) is 0 Å². The third kappa shape index (κ3) is 4.86. The number of guanidine groups is 1. The number of methoxy groups -OCH3 is 1. The molecular weight excluding hydrogens is 324 g/mol. The van der Waals surface area contributed by atoms with Crippen LogP contribution in [0.4, 0.5) is 5.69 Å². The van der Waals surface area contributed by atoms with Crippen molar-refractivity contribution in [3.05, 3.63) is 34.3 Å². The van der Waals surface area contributed by atoms with E-state index in [9.17, 15) is 0 Å². The summed E-state index contributed by atoms with van der Waals surface area (Å²) in [6.45, 7) is 7.94. The second kappa shape index (κ2) is 9.12. The SMILES string of the molecule is CCNC(=NCc1scnc1C)Nc1ccc(OC)c(OCC)c1. The molecule has 0 aliphatic heterocycles. The minimum absolute atomic E-state index is 0.582. The Morgan fingerprint density at radius 2 is 2.12 bits per heavy atom. The molecule has 0 atom stereocenters. The predicted octanol–water partition coefficient (Wildman–Crippen LogP) is 3.44. The van der Waals surface area contributed by atoms with Crippen LogP contribution in [0.3, 0.4) is 0 Å². The van der Waals surface area contributed by atoms with Crippen molar-refractivity contribution in [3.63, 3.8) is 0 Å². The van der Waals surface area contributed by atoms with Gasteiger partial charge in [-0.15, -0.1) is 11.3 Å². The van der Waals surface area contributed by atoms with Gasteiger partial charge < -0.3 is 20.1 Å². The second-order valence-electron chi connectivity index (χ2n) is 4.98. The van der Waals surface area contributed by atoms with E-state index in [1.54, 1.807) is 18.4 Å². The summed E-state index contributed by atoms with van der Waals surface area (Å²) in [5.41, 5.74) is 3.76. The van der Waals surface area contributed by atoms with Crippen molar-refractivity contribution in [1.82, 2.24) is 10.3 Å². The maximum atomic E-state index is 5.61. The van der Waals surface area contributed by atoms with E-state index in [4.69, 9.17) is 9.47 Å². The van der Waals surface area contributed by atoms with Gasteiger partial charge in [0.1, 0.15) is 0 Å². The first kappa shape index (κ1) is 18.1. The van der Waals surface area contributed by atoms with Crippen LogP contribution in [0, 0.1) is 6.92 Å². The molecule has 0 radical (unpaired) electrons. The van der Waals surface area contributed by atoms with Crippen LogP contribution >= 0.6 is 11.3 Å². The highest BCUT2D eigenvalue weighted by molar-refractivity contribution is 7.09. The van der Waals surface area contributed by atoms with Crippen LogP contribution < -0.4 is 20.1 Å². The Morgan fingerprint density at radius 1 is 1.29 bits per heavy atom. The number of thiazole rings is 1. The third-order valence-electron chi connectivity index (χ3n) is 3.30. The first-order chi connectivity index (χ1) is 11.7. The molecular formula is C17H24N4O2S. The number of nitrogens with zero attached hydrogens (tertiary/aromatic N) is 2. The van der Waals surface area contributed by atoms with Gasteiger partial charge in [0.2, 0.25) is 0 Å². The standard InChI is InChI=1S/C17H24N4O2S/c1-5-18-17(19-10-16-12(3)20-11-24-16)21-13-7-8-14(22-4)15(9-13)23-6-2/h7-9,11H,5-6,10H2,1-4H3,(H2,18,19,21). The molecule has 0 saturated heterocycles. The summed E-state index contributed by atoms with van der Waals surface area (Å²) in [6, 6.07) is 5.73. The summed E-state index contributed by atoms with van der Waals surface area (Å²) in [7, 11) is 1.63. The molecule has 0 aliphatic rings.